The van der Waals surface area contributed by atoms with Crippen LogP contribution >= 0.6 is 0 Å². The van der Waals surface area contributed by atoms with Gasteiger partial charge in [-0.25, -0.2) is 0 Å². The Kier molecular flexibility index (Phi) is 10.9. The topological polar surface area (TPSA) is 6.48 Å². The van der Waals surface area contributed by atoms with Crippen molar-refractivity contribution in [1.29, 1.82) is 0 Å². The van der Waals surface area contributed by atoms with Gasteiger partial charge in [0, 0.05) is 40.4 Å². The van der Waals surface area contributed by atoms with Crippen LogP contribution in [0.5, 0.6) is 0 Å². The quantitative estimate of drug-likeness (QED) is 0.239. The molecule has 48 heavy (non-hydrogen) atoms. The molecule has 2 aromatic rings. The van der Waals surface area contributed by atoms with E-state index in [1.54, 1.807) is 0 Å². The van der Waals surface area contributed by atoms with Crippen LogP contribution in [0.25, 0.3) is 0 Å². The molecule has 0 amide bonds. The summed E-state index contributed by atoms with van der Waals surface area (Å²) in [6.07, 6.45) is 35.5. The average molecular weight is 637 g/mol. The Balaban J connectivity index is 1.29. The molecule has 6 rings (SSSR count). The van der Waals surface area contributed by atoms with Crippen molar-refractivity contribution in [2.45, 2.75) is 104 Å². The molecule has 2 heteroatoms. The highest BCUT2D eigenvalue weighted by Gasteiger charge is 2.36. The van der Waals surface area contributed by atoms with Gasteiger partial charge in [0.05, 0.1) is 0 Å². The first-order valence-electron chi connectivity index (χ1n) is 18.6. The van der Waals surface area contributed by atoms with Crippen LogP contribution in [0.1, 0.15) is 103 Å². The van der Waals surface area contributed by atoms with E-state index in [2.05, 4.69) is 154 Å². The predicted molar refractivity (Wildman–Crippen MR) is 208 cm³/mol. The Morgan fingerprint density at radius 2 is 1.42 bits per heavy atom. The van der Waals surface area contributed by atoms with Gasteiger partial charge >= 0.3 is 0 Å². The molecular formula is C46H56N2. The van der Waals surface area contributed by atoms with Crippen LogP contribution in [0, 0.1) is 12.8 Å². The van der Waals surface area contributed by atoms with Crippen molar-refractivity contribution in [1.82, 2.24) is 0 Å². The molecule has 0 bridgehead atoms. The molecule has 0 radical (unpaired) electrons. The van der Waals surface area contributed by atoms with Gasteiger partial charge in [-0.2, -0.15) is 0 Å². The van der Waals surface area contributed by atoms with Gasteiger partial charge in [-0.3, -0.25) is 0 Å². The number of nitrogens with zero attached hydrogens (tertiary/aromatic N) is 2. The molecule has 0 spiro atoms. The molecule has 1 saturated carbocycles. The fourth-order valence-corrected chi connectivity index (χ4v) is 7.99. The Hall–Kier alpha value is -4.04. The third kappa shape index (κ3) is 7.64. The van der Waals surface area contributed by atoms with E-state index in [0.29, 0.717) is 5.92 Å². The van der Waals surface area contributed by atoms with Crippen molar-refractivity contribution in [2.24, 2.45) is 5.92 Å². The number of hydrogen-bond acceptors (Lipinski definition) is 2. The third-order valence-corrected chi connectivity index (χ3v) is 11.0. The summed E-state index contributed by atoms with van der Waals surface area (Å²) in [4.78, 5) is 5.02. The monoisotopic (exact) mass is 636 g/mol. The maximum Gasteiger partial charge on any atom is 0.0458 e. The molecule has 0 aromatic heterocycles. The van der Waals surface area contributed by atoms with Gasteiger partial charge in [-0.05, 0) is 132 Å². The van der Waals surface area contributed by atoms with Crippen LogP contribution < -0.4 is 9.80 Å². The molecule has 250 valence electrons. The number of hydrogen-bond donors (Lipinski definition) is 0. The zero-order valence-corrected chi connectivity index (χ0v) is 30.1. The minimum atomic E-state index is 0.0505. The highest BCUT2D eigenvalue weighted by Crippen LogP contribution is 2.46. The normalized spacial score (nSPS) is 21.2. The van der Waals surface area contributed by atoms with Crippen LogP contribution in [-0.2, 0) is 5.41 Å². The maximum atomic E-state index is 2.51. The SMILES string of the molecule is C/C=C(\C=C/CN(C1=CC=C(C)CC1)c1ccc(C)cc1)C1(c2ccc(N(C3=CCC(C)C=C3)C3=CC=C(C)CC3)cc2)CCCCC1. The molecule has 4 aliphatic rings. The number of benzene rings is 2. The summed E-state index contributed by atoms with van der Waals surface area (Å²) >= 11 is 0. The van der Waals surface area contributed by atoms with Gasteiger partial charge in [0.25, 0.3) is 0 Å². The first kappa shape index (κ1) is 33.8. The fraction of sp³-hybridized carbons (Fsp3) is 0.391. The number of allylic oxidation sites excluding steroid dienone is 14. The van der Waals surface area contributed by atoms with E-state index in [0.717, 1.165) is 38.6 Å². The summed E-state index contributed by atoms with van der Waals surface area (Å²) in [5.74, 6) is 0.600. The molecule has 0 saturated heterocycles. The van der Waals surface area contributed by atoms with E-state index in [1.165, 1.54) is 88.4 Å². The molecule has 0 heterocycles. The van der Waals surface area contributed by atoms with Crippen molar-refractivity contribution in [2.75, 3.05) is 16.3 Å². The second-order valence-electron chi connectivity index (χ2n) is 14.7. The first-order valence-corrected chi connectivity index (χ1v) is 18.6. The standard InChI is InChI=1S/C46H56N2/c1-6-39(11-10-34-47(41-22-12-35(2)13-23-41)42-24-14-36(3)15-25-42)46(32-8-7-9-33-46)40-20-30-45(31-21-40)48(43-26-16-37(4)17-27-43)44-28-18-38(5)19-29-44/h6,10-14,16,18,20-24,26-28,30-31,37H,7-9,15,17,19,25,29,32-34H2,1-5H3/b11-10-,39-6+. The van der Waals surface area contributed by atoms with E-state index in [4.69, 9.17) is 0 Å². The largest absolute Gasteiger partial charge is 0.341 e. The van der Waals surface area contributed by atoms with Crippen LogP contribution in [-0.4, -0.2) is 6.54 Å². The second-order valence-corrected chi connectivity index (χ2v) is 14.7. The summed E-state index contributed by atoms with van der Waals surface area (Å²) < 4.78 is 0. The van der Waals surface area contributed by atoms with Gasteiger partial charge in [0.15, 0.2) is 0 Å². The molecule has 2 aromatic carbocycles. The molecule has 4 aliphatic carbocycles. The van der Waals surface area contributed by atoms with Crippen molar-refractivity contribution >= 4 is 11.4 Å². The number of aryl methyl sites for hydroxylation is 1. The Morgan fingerprint density at radius 3 is 2.00 bits per heavy atom. The number of anilines is 2. The summed E-state index contributed by atoms with van der Waals surface area (Å²) in [6.45, 7) is 12.1. The minimum absolute atomic E-state index is 0.0505. The average Bonchev–Trinajstić information content (AvgIpc) is 3.12. The Bertz CT molecular complexity index is 1680. The van der Waals surface area contributed by atoms with E-state index in [9.17, 15) is 0 Å². The minimum Gasteiger partial charge on any atom is -0.341 e. The Labute approximate surface area is 291 Å². The lowest BCUT2D eigenvalue weighted by Gasteiger charge is -2.40. The lowest BCUT2D eigenvalue weighted by atomic mass is 9.64. The molecule has 1 fully saturated rings. The van der Waals surface area contributed by atoms with Gasteiger partial charge in [-0.1, -0.05) is 110 Å². The van der Waals surface area contributed by atoms with Crippen LogP contribution in [0.3, 0.4) is 0 Å². The van der Waals surface area contributed by atoms with Crippen LogP contribution in [0.15, 0.2) is 143 Å². The Morgan fingerprint density at radius 1 is 0.771 bits per heavy atom. The second kappa shape index (κ2) is 15.5. The predicted octanol–water partition coefficient (Wildman–Crippen LogP) is 12.7. The molecule has 2 nitrogen and oxygen atoms in total. The van der Waals surface area contributed by atoms with Crippen molar-refractivity contribution in [3.05, 3.63) is 154 Å². The van der Waals surface area contributed by atoms with Crippen LogP contribution in [0.2, 0.25) is 0 Å². The van der Waals surface area contributed by atoms with Crippen molar-refractivity contribution in [3.63, 3.8) is 0 Å². The summed E-state index contributed by atoms with van der Waals surface area (Å²) in [5, 5.41) is 0. The zero-order valence-electron chi connectivity index (χ0n) is 30.1. The third-order valence-electron chi connectivity index (χ3n) is 11.0. The lowest BCUT2D eigenvalue weighted by molar-refractivity contribution is 0.345. The zero-order chi connectivity index (χ0) is 33.5. The van der Waals surface area contributed by atoms with E-state index in [-0.39, 0.29) is 5.41 Å². The summed E-state index contributed by atoms with van der Waals surface area (Å²) in [7, 11) is 0. The smallest absolute Gasteiger partial charge is 0.0458 e. The van der Waals surface area contributed by atoms with E-state index >= 15 is 0 Å². The van der Waals surface area contributed by atoms with Crippen molar-refractivity contribution in [3.8, 4) is 0 Å². The maximum absolute atomic E-state index is 2.51. The van der Waals surface area contributed by atoms with Gasteiger partial charge < -0.3 is 9.80 Å². The van der Waals surface area contributed by atoms with Gasteiger partial charge in [0.1, 0.15) is 0 Å². The molecular weight excluding hydrogens is 581 g/mol. The highest BCUT2D eigenvalue weighted by molar-refractivity contribution is 5.63. The number of rotatable bonds is 10. The summed E-state index contributed by atoms with van der Waals surface area (Å²) in [5.41, 5.74) is 13.8. The molecule has 1 atom stereocenters. The van der Waals surface area contributed by atoms with E-state index < -0.39 is 0 Å². The molecule has 0 aliphatic heterocycles. The van der Waals surface area contributed by atoms with Gasteiger partial charge in [-0.15, -0.1) is 0 Å². The van der Waals surface area contributed by atoms with E-state index in [1.807, 2.05) is 0 Å². The van der Waals surface area contributed by atoms with Gasteiger partial charge in [0.2, 0.25) is 0 Å². The molecule has 0 N–H and O–H groups in total. The first-order chi connectivity index (χ1) is 23.4. The highest BCUT2D eigenvalue weighted by atomic mass is 15.2. The summed E-state index contributed by atoms with van der Waals surface area (Å²) in [6, 6.07) is 18.7. The lowest BCUT2D eigenvalue weighted by Crippen LogP contribution is -2.31. The van der Waals surface area contributed by atoms with Crippen molar-refractivity contribution < 1.29 is 0 Å². The molecule has 1 unspecified atom stereocenters. The van der Waals surface area contributed by atoms with Crippen LogP contribution in [0.4, 0.5) is 11.4 Å². The fourth-order valence-electron chi connectivity index (χ4n) is 7.99.